The molecule has 0 radical (unpaired) electrons. The molecule has 104 valence electrons. The van der Waals surface area contributed by atoms with Crippen molar-refractivity contribution in [2.75, 3.05) is 0 Å². The molecule has 2 saturated carbocycles. The van der Waals surface area contributed by atoms with Gasteiger partial charge >= 0.3 is 0 Å². The maximum absolute atomic E-state index is 14.0. The van der Waals surface area contributed by atoms with Crippen LogP contribution in [0.3, 0.4) is 0 Å². The second kappa shape index (κ2) is 5.48. The Balaban J connectivity index is 1.72. The standard InChI is InChI=1S/C16H20F2O/c17-15-12(10-11-4-3-5-11)8-9-14(16(15)18)19-13-6-1-2-7-13/h8-9,11,13H,1-7,10H2. The molecule has 2 aliphatic carbocycles. The van der Waals surface area contributed by atoms with Gasteiger partial charge in [-0.2, -0.15) is 4.39 Å². The first-order valence-corrected chi connectivity index (χ1v) is 7.37. The number of hydrogen-bond donors (Lipinski definition) is 0. The van der Waals surface area contributed by atoms with Gasteiger partial charge in [-0.15, -0.1) is 0 Å². The predicted molar refractivity (Wildman–Crippen MR) is 70.3 cm³/mol. The van der Waals surface area contributed by atoms with E-state index >= 15 is 0 Å². The zero-order valence-corrected chi connectivity index (χ0v) is 11.1. The molecule has 19 heavy (non-hydrogen) atoms. The second-order valence-corrected chi connectivity index (χ2v) is 5.88. The first-order chi connectivity index (χ1) is 9.24. The van der Waals surface area contributed by atoms with Gasteiger partial charge in [0.25, 0.3) is 0 Å². The summed E-state index contributed by atoms with van der Waals surface area (Å²) in [5.74, 6) is -0.886. The van der Waals surface area contributed by atoms with E-state index in [2.05, 4.69) is 0 Å². The maximum Gasteiger partial charge on any atom is 0.200 e. The van der Waals surface area contributed by atoms with Gasteiger partial charge in [0.2, 0.25) is 5.82 Å². The Morgan fingerprint density at radius 1 is 0.947 bits per heavy atom. The Kier molecular flexibility index (Phi) is 3.72. The minimum atomic E-state index is -0.802. The third kappa shape index (κ3) is 2.75. The lowest BCUT2D eigenvalue weighted by molar-refractivity contribution is 0.198. The summed E-state index contributed by atoms with van der Waals surface area (Å²) in [6, 6.07) is 3.30. The van der Waals surface area contributed by atoms with Gasteiger partial charge in [0.05, 0.1) is 6.10 Å². The van der Waals surface area contributed by atoms with Crippen LogP contribution in [-0.4, -0.2) is 6.10 Å². The topological polar surface area (TPSA) is 9.23 Å². The lowest BCUT2D eigenvalue weighted by Crippen LogP contribution is -2.16. The quantitative estimate of drug-likeness (QED) is 0.772. The smallest absolute Gasteiger partial charge is 0.200 e. The summed E-state index contributed by atoms with van der Waals surface area (Å²) in [6.45, 7) is 0. The van der Waals surface area contributed by atoms with Crippen LogP contribution in [0.2, 0.25) is 0 Å². The van der Waals surface area contributed by atoms with E-state index in [1.165, 1.54) is 6.42 Å². The number of halogens is 2. The molecule has 0 spiro atoms. The Morgan fingerprint density at radius 3 is 2.32 bits per heavy atom. The van der Waals surface area contributed by atoms with Crippen molar-refractivity contribution in [1.82, 2.24) is 0 Å². The van der Waals surface area contributed by atoms with Crippen molar-refractivity contribution in [3.05, 3.63) is 29.3 Å². The molecule has 2 aliphatic rings. The molecule has 0 aromatic heterocycles. The van der Waals surface area contributed by atoms with Crippen molar-refractivity contribution < 1.29 is 13.5 Å². The fraction of sp³-hybridized carbons (Fsp3) is 0.625. The van der Waals surface area contributed by atoms with Crippen LogP contribution in [0.4, 0.5) is 8.78 Å². The highest BCUT2D eigenvalue weighted by molar-refractivity contribution is 5.31. The summed E-state index contributed by atoms with van der Waals surface area (Å²) in [4.78, 5) is 0. The molecule has 0 saturated heterocycles. The molecule has 0 unspecified atom stereocenters. The zero-order chi connectivity index (χ0) is 13.2. The molecule has 1 nitrogen and oxygen atoms in total. The monoisotopic (exact) mass is 266 g/mol. The van der Waals surface area contributed by atoms with E-state index in [4.69, 9.17) is 4.74 Å². The van der Waals surface area contributed by atoms with Crippen LogP contribution in [-0.2, 0) is 6.42 Å². The highest BCUT2D eigenvalue weighted by Crippen LogP contribution is 2.33. The molecule has 0 N–H and O–H groups in total. The summed E-state index contributed by atoms with van der Waals surface area (Å²) in [7, 11) is 0. The molecule has 0 heterocycles. The molecule has 2 fully saturated rings. The fourth-order valence-corrected chi connectivity index (χ4v) is 3.01. The van der Waals surface area contributed by atoms with Gasteiger partial charge in [-0.1, -0.05) is 25.3 Å². The molecule has 1 aromatic rings. The minimum absolute atomic E-state index is 0.0615. The molecule has 1 aromatic carbocycles. The van der Waals surface area contributed by atoms with E-state index in [-0.39, 0.29) is 11.9 Å². The average Bonchev–Trinajstić information content (AvgIpc) is 2.85. The van der Waals surface area contributed by atoms with E-state index in [0.717, 1.165) is 38.5 Å². The summed E-state index contributed by atoms with van der Waals surface area (Å²) >= 11 is 0. The highest BCUT2D eigenvalue weighted by atomic mass is 19.2. The van der Waals surface area contributed by atoms with E-state index in [0.29, 0.717) is 17.9 Å². The van der Waals surface area contributed by atoms with Crippen molar-refractivity contribution in [1.29, 1.82) is 0 Å². The number of ether oxygens (including phenoxy) is 1. The van der Waals surface area contributed by atoms with Crippen LogP contribution in [0.25, 0.3) is 0 Å². The van der Waals surface area contributed by atoms with E-state index in [1.54, 1.807) is 12.1 Å². The van der Waals surface area contributed by atoms with Crippen LogP contribution in [0.1, 0.15) is 50.5 Å². The molecule has 0 bridgehead atoms. The Labute approximate surface area is 113 Å². The molecule has 3 rings (SSSR count). The van der Waals surface area contributed by atoms with Gasteiger partial charge in [-0.05, 0) is 49.7 Å². The molecule has 0 atom stereocenters. The number of hydrogen-bond acceptors (Lipinski definition) is 1. The van der Waals surface area contributed by atoms with Crippen molar-refractivity contribution in [2.45, 2.75) is 57.5 Å². The van der Waals surface area contributed by atoms with Crippen molar-refractivity contribution in [2.24, 2.45) is 5.92 Å². The average molecular weight is 266 g/mol. The largest absolute Gasteiger partial charge is 0.487 e. The highest BCUT2D eigenvalue weighted by Gasteiger charge is 2.23. The Morgan fingerprint density at radius 2 is 1.68 bits per heavy atom. The third-order valence-electron chi connectivity index (χ3n) is 4.46. The minimum Gasteiger partial charge on any atom is -0.487 e. The maximum atomic E-state index is 14.0. The summed E-state index contributed by atoms with van der Waals surface area (Å²) in [5, 5.41) is 0. The first kappa shape index (κ1) is 12.9. The fourth-order valence-electron chi connectivity index (χ4n) is 3.01. The van der Waals surface area contributed by atoms with Crippen molar-refractivity contribution >= 4 is 0 Å². The van der Waals surface area contributed by atoms with Crippen LogP contribution in [0.5, 0.6) is 5.75 Å². The van der Waals surface area contributed by atoms with Crippen LogP contribution in [0.15, 0.2) is 12.1 Å². The van der Waals surface area contributed by atoms with Crippen molar-refractivity contribution in [3.63, 3.8) is 0 Å². The molecule has 0 amide bonds. The van der Waals surface area contributed by atoms with Gasteiger partial charge in [-0.25, -0.2) is 4.39 Å². The van der Waals surface area contributed by atoms with Crippen LogP contribution in [0, 0.1) is 17.6 Å². The number of rotatable bonds is 4. The summed E-state index contributed by atoms with van der Waals surface area (Å²) in [6.07, 6.45) is 8.36. The van der Waals surface area contributed by atoms with Gasteiger partial charge in [-0.3, -0.25) is 0 Å². The Hall–Kier alpha value is -1.12. The second-order valence-electron chi connectivity index (χ2n) is 5.88. The molecular formula is C16H20F2O. The van der Waals surface area contributed by atoms with E-state index < -0.39 is 11.6 Å². The van der Waals surface area contributed by atoms with Gasteiger partial charge in [0, 0.05) is 0 Å². The first-order valence-electron chi connectivity index (χ1n) is 7.37. The number of benzene rings is 1. The van der Waals surface area contributed by atoms with E-state index in [9.17, 15) is 8.78 Å². The predicted octanol–water partition coefficient (Wildman–Crippen LogP) is 4.63. The van der Waals surface area contributed by atoms with Gasteiger partial charge < -0.3 is 4.74 Å². The molecular weight excluding hydrogens is 246 g/mol. The summed E-state index contributed by atoms with van der Waals surface area (Å²) < 4.78 is 33.6. The lowest BCUT2D eigenvalue weighted by atomic mass is 9.81. The normalized spacial score (nSPS) is 20.5. The third-order valence-corrected chi connectivity index (χ3v) is 4.46. The Bertz CT molecular complexity index is 448. The van der Waals surface area contributed by atoms with E-state index in [1.807, 2.05) is 0 Å². The van der Waals surface area contributed by atoms with Crippen molar-refractivity contribution in [3.8, 4) is 5.75 Å². The van der Waals surface area contributed by atoms with Gasteiger partial charge in [0.1, 0.15) is 0 Å². The van der Waals surface area contributed by atoms with Crippen LogP contribution < -0.4 is 4.74 Å². The SMILES string of the molecule is Fc1c(CC2CCC2)ccc(OC2CCCC2)c1F. The molecule has 0 aliphatic heterocycles. The lowest BCUT2D eigenvalue weighted by Gasteiger charge is -2.25. The van der Waals surface area contributed by atoms with Gasteiger partial charge in [0.15, 0.2) is 11.6 Å². The summed E-state index contributed by atoms with van der Waals surface area (Å²) in [5.41, 5.74) is 0.501. The van der Waals surface area contributed by atoms with Crippen LogP contribution >= 0.6 is 0 Å². The molecule has 3 heteroatoms. The zero-order valence-electron chi connectivity index (χ0n) is 11.1.